The maximum atomic E-state index is 11.8. The lowest BCUT2D eigenvalue weighted by Crippen LogP contribution is -2.26. The number of anilines is 1. The highest BCUT2D eigenvalue weighted by Gasteiger charge is 2.10. The number of halogens is 1. The molecule has 0 aliphatic rings. The highest BCUT2D eigenvalue weighted by Crippen LogP contribution is 2.16. The molecule has 1 aromatic heterocycles. The van der Waals surface area contributed by atoms with Gasteiger partial charge in [0.05, 0.1) is 17.9 Å². The standard InChI is InChI=1S/C11H19ClN4O/c1-7(2)16-11(17)10(12)9(6-15-16)14-5-4-8(3)13/h6-8,14H,4-5,13H2,1-3H3. The van der Waals surface area contributed by atoms with Gasteiger partial charge in [-0.15, -0.1) is 0 Å². The largest absolute Gasteiger partial charge is 0.382 e. The average molecular weight is 259 g/mol. The molecule has 3 N–H and O–H groups in total. The van der Waals surface area contributed by atoms with E-state index in [0.717, 1.165) is 6.42 Å². The molecule has 0 aliphatic carbocycles. The molecular weight excluding hydrogens is 240 g/mol. The van der Waals surface area contributed by atoms with Crippen LogP contribution in [-0.2, 0) is 0 Å². The molecule has 0 fully saturated rings. The van der Waals surface area contributed by atoms with E-state index < -0.39 is 0 Å². The van der Waals surface area contributed by atoms with Gasteiger partial charge in [0, 0.05) is 12.6 Å². The van der Waals surface area contributed by atoms with Gasteiger partial charge in [0.1, 0.15) is 5.02 Å². The monoisotopic (exact) mass is 258 g/mol. The Morgan fingerprint density at radius 2 is 2.18 bits per heavy atom. The van der Waals surface area contributed by atoms with Gasteiger partial charge in [0.25, 0.3) is 5.56 Å². The number of hydrogen-bond acceptors (Lipinski definition) is 4. The second kappa shape index (κ2) is 6.02. The lowest BCUT2D eigenvalue weighted by Gasteiger charge is -2.12. The van der Waals surface area contributed by atoms with Crippen molar-refractivity contribution in [3.05, 3.63) is 21.6 Å². The first-order chi connectivity index (χ1) is 7.93. The molecule has 0 spiro atoms. The number of nitrogens with one attached hydrogen (secondary N) is 1. The maximum Gasteiger partial charge on any atom is 0.287 e. The van der Waals surface area contributed by atoms with E-state index in [2.05, 4.69) is 10.4 Å². The van der Waals surface area contributed by atoms with E-state index in [4.69, 9.17) is 17.3 Å². The van der Waals surface area contributed by atoms with Crippen molar-refractivity contribution in [2.75, 3.05) is 11.9 Å². The van der Waals surface area contributed by atoms with E-state index in [1.807, 2.05) is 20.8 Å². The smallest absolute Gasteiger partial charge is 0.287 e. The van der Waals surface area contributed by atoms with Crippen molar-refractivity contribution in [3.63, 3.8) is 0 Å². The summed E-state index contributed by atoms with van der Waals surface area (Å²) >= 11 is 5.99. The van der Waals surface area contributed by atoms with Gasteiger partial charge < -0.3 is 11.1 Å². The minimum absolute atomic E-state index is 0.00175. The zero-order valence-electron chi connectivity index (χ0n) is 10.4. The zero-order valence-corrected chi connectivity index (χ0v) is 11.2. The van der Waals surface area contributed by atoms with Crippen LogP contribution in [0.4, 0.5) is 5.69 Å². The normalized spacial score (nSPS) is 12.8. The lowest BCUT2D eigenvalue weighted by atomic mass is 10.2. The average Bonchev–Trinajstić information content (AvgIpc) is 2.23. The molecule has 96 valence electrons. The fourth-order valence-corrected chi connectivity index (χ4v) is 1.57. The molecule has 1 heterocycles. The van der Waals surface area contributed by atoms with Gasteiger partial charge >= 0.3 is 0 Å². The maximum absolute atomic E-state index is 11.8. The fraction of sp³-hybridized carbons (Fsp3) is 0.636. The molecule has 0 saturated carbocycles. The Labute approximate surface area is 106 Å². The Bertz CT molecular complexity index is 428. The summed E-state index contributed by atoms with van der Waals surface area (Å²) in [6.07, 6.45) is 2.38. The van der Waals surface area contributed by atoms with Crippen molar-refractivity contribution in [2.24, 2.45) is 5.73 Å². The summed E-state index contributed by atoms with van der Waals surface area (Å²) in [5.74, 6) is 0. The van der Waals surface area contributed by atoms with Crippen LogP contribution in [0.15, 0.2) is 11.0 Å². The Kier molecular flexibility index (Phi) is 4.96. The summed E-state index contributed by atoms with van der Waals surface area (Å²) in [5.41, 5.74) is 5.93. The number of aromatic nitrogens is 2. The number of hydrogen-bond donors (Lipinski definition) is 2. The summed E-state index contributed by atoms with van der Waals surface area (Å²) in [5, 5.41) is 7.30. The van der Waals surface area contributed by atoms with Gasteiger partial charge in [0.15, 0.2) is 0 Å². The van der Waals surface area contributed by atoms with Crippen LogP contribution in [-0.4, -0.2) is 22.4 Å². The van der Waals surface area contributed by atoms with Crippen LogP contribution in [0.1, 0.15) is 33.2 Å². The fourth-order valence-electron chi connectivity index (χ4n) is 1.37. The van der Waals surface area contributed by atoms with Crippen LogP contribution in [0, 0.1) is 0 Å². The minimum atomic E-state index is -0.271. The van der Waals surface area contributed by atoms with Crippen molar-refractivity contribution in [2.45, 2.75) is 39.3 Å². The molecular formula is C11H19ClN4O. The third-order valence-corrected chi connectivity index (χ3v) is 2.71. The van der Waals surface area contributed by atoms with Gasteiger partial charge in [-0.2, -0.15) is 5.10 Å². The van der Waals surface area contributed by atoms with Gasteiger partial charge in [-0.25, -0.2) is 4.68 Å². The Balaban J connectivity index is 2.82. The highest BCUT2D eigenvalue weighted by molar-refractivity contribution is 6.32. The quantitative estimate of drug-likeness (QED) is 0.842. The second-order valence-corrected chi connectivity index (χ2v) is 4.79. The van der Waals surface area contributed by atoms with Crippen molar-refractivity contribution < 1.29 is 0 Å². The first-order valence-corrected chi connectivity index (χ1v) is 6.08. The van der Waals surface area contributed by atoms with E-state index >= 15 is 0 Å². The predicted molar refractivity (Wildman–Crippen MR) is 70.6 cm³/mol. The predicted octanol–water partition coefficient (Wildman–Crippen LogP) is 1.63. The minimum Gasteiger partial charge on any atom is -0.382 e. The van der Waals surface area contributed by atoms with Crippen molar-refractivity contribution >= 4 is 17.3 Å². The van der Waals surface area contributed by atoms with Crippen molar-refractivity contribution in [3.8, 4) is 0 Å². The molecule has 17 heavy (non-hydrogen) atoms. The van der Waals surface area contributed by atoms with Crippen LogP contribution in [0.5, 0.6) is 0 Å². The zero-order chi connectivity index (χ0) is 13.0. The van der Waals surface area contributed by atoms with Crippen LogP contribution in [0.3, 0.4) is 0 Å². The number of nitrogens with zero attached hydrogens (tertiary/aromatic N) is 2. The molecule has 0 aromatic carbocycles. The first kappa shape index (κ1) is 14.0. The molecule has 5 nitrogen and oxygen atoms in total. The topological polar surface area (TPSA) is 72.9 Å². The lowest BCUT2D eigenvalue weighted by molar-refractivity contribution is 0.503. The van der Waals surface area contributed by atoms with E-state index in [1.54, 1.807) is 6.20 Å². The van der Waals surface area contributed by atoms with E-state index in [9.17, 15) is 4.79 Å². The number of rotatable bonds is 5. The van der Waals surface area contributed by atoms with Crippen LogP contribution in [0.25, 0.3) is 0 Å². The Morgan fingerprint density at radius 3 is 2.71 bits per heavy atom. The highest BCUT2D eigenvalue weighted by atomic mass is 35.5. The molecule has 1 aromatic rings. The Hall–Kier alpha value is -1.07. The van der Waals surface area contributed by atoms with Crippen LogP contribution in [0.2, 0.25) is 5.02 Å². The second-order valence-electron chi connectivity index (χ2n) is 4.41. The van der Waals surface area contributed by atoms with Crippen molar-refractivity contribution in [1.82, 2.24) is 9.78 Å². The summed E-state index contributed by atoms with van der Waals surface area (Å²) < 4.78 is 1.36. The van der Waals surface area contributed by atoms with Crippen LogP contribution < -0.4 is 16.6 Å². The third kappa shape index (κ3) is 3.71. The number of nitrogens with two attached hydrogens (primary N) is 1. The van der Waals surface area contributed by atoms with E-state index in [0.29, 0.717) is 12.2 Å². The van der Waals surface area contributed by atoms with Gasteiger partial charge in [-0.1, -0.05) is 11.6 Å². The molecule has 1 unspecified atom stereocenters. The van der Waals surface area contributed by atoms with Gasteiger partial charge in [0.2, 0.25) is 0 Å². The van der Waals surface area contributed by atoms with Crippen LogP contribution >= 0.6 is 11.6 Å². The molecule has 1 atom stereocenters. The first-order valence-electron chi connectivity index (χ1n) is 5.70. The summed E-state index contributed by atoms with van der Waals surface area (Å²) in [6.45, 7) is 6.37. The van der Waals surface area contributed by atoms with Gasteiger partial charge in [-0.3, -0.25) is 4.79 Å². The third-order valence-electron chi connectivity index (χ3n) is 2.35. The van der Waals surface area contributed by atoms with E-state index in [1.165, 1.54) is 4.68 Å². The summed E-state index contributed by atoms with van der Waals surface area (Å²) in [6, 6.07) is 0.114. The van der Waals surface area contributed by atoms with Crippen molar-refractivity contribution in [1.29, 1.82) is 0 Å². The Morgan fingerprint density at radius 1 is 1.53 bits per heavy atom. The van der Waals surface area contributed by atoms with Gasteiger partial charge in [-0.05, 0) is 27.2 Å². The van der Waals surface area contributed by atoms with E-state index in [-0.39, 0.29) is 22.7 Å². The summed E-state index contributed by atoms with van der Waals surface area (Å²) in [7, 11) is 0. The SMILES string of the molecule is CC(N)CCNc1cnn(C(C)C)c(=O)c1Cl. The molecule has 0 amide bonds. The molecule has 0 radical (unpaired) electrons. The molecule has 6 heteroatoms. The molecule has 0 saturated heterocycles. The molecule has 1 rings (SSSR count). The molecule has 0 bridgehead atoms. The summed E-state index contributed by atoms with van der Waals surface area (Å²) in [4.78, 5) is 11.8. The molecule has 0 aliphatic heterocycles.